The molecule has 1 saturated carbocycles. The maximum Gasteiger partial charge on any atom is 0.331 e. The smallest absolute Gasteiger partial charge is 0.331 e. The van der Waals surface area contributed by atoms with Crippen molar-refractivity contribution in [3.8, 4) is 0 Å². The summed E-state index contributed by atoms with van der Waals surface area (Å²) in [5.41, 5.74) is 0. The van der Waals surface area contributed by atoms with Gasteiger partial charge in [0, 0.05) is 12.2 Å². The van der Waals surface area contributed by atoms with E-state index >= 15 is 0 Å². The van der Waals surface area contributed by atoms with Crippen LogP contribution in [0.3, 0.4) is 0 Å². The lowest BCUT2D eigenvalue weighted by Crippen LogP contribution is -2.39. The van der Waals surface area contributed by atoms with Gasteiger partial charge in [-0.05, 0) is 39.5 Å². The Labute approximate surface area is 150 Å². The number of sulfonamides is 1. The van der Waals surface area contributed by atoms with Crippen molar-refractivity contribution in [2.75, 3.05) is 12.4 Å². The van der Waals surface area contributed by atoms with E-state index in [1.165, 1.54) is 6.42 Å². The number of hydrogen-bond donors (Lipinski definition) is 1. The van der Waals surface area contributed by atoms with Crippen molar-refractivity contribution in [3.05, 3.63) is 12.2 Å². The lowest BCUT2D eigenvalue weighted by Gasteiger charge is -2.22. The van der Waals surface area contributed by atoms with E-state index in [1.807, 2.05) is 0 Å². The topological polar surface area (TPSA) is 98.8 Å². The third-order valence-electron chi connectivity index (χ3n) is 3.74. The highest BCUT2D eigenvalue weighted by atomic mass is 32.2. The quantitative estimate of drug-likeness (QED) is 0.488. The molecule has 8 heteroatoms. The van der Waals surface area contributed by atoms with E-state index in [2.05, 4.69) is 4.72 Å². The van der Waals surface area contributed by atoms with Gasteiger partial charge in [0.2, 0.25) is 10.0 Å². The lowest BCUT2D eigenvalue weighted by atomic mass is 9.91. The molecular formula is C17H29NO6S. The fourth-order valence-electron chi connectivity index (χ4n) is 2.72. The van der Waals surface area contributed by atoms with Crippen LogP contribution in [0.25, 0.3) is 0 Å². The van der Waals surface area contributed by atoms with Crippen LogP contribution >= 0.6 is 0 Å². The van der Waals surface area contributed by atoms with E-state index in [4.69, 9.17) is 9.47 Å². The van der Waals surface area contributed by atoms with Gasteiger partial charge in [0.15, 0.2) is 0 Å². The van der Waals surface area contributed by atoms with Crippen LogP contribution in [0.1, 0.15) is 52.9 Å². The third-order valence-corrected chi connectivity index (χ3v) is 5.42. The van der Waals surface area contributed by atoms with Gasteiger partial charge in [-0.3, -0.25) is 0 Å². The van der Waals surface area contributed by atoms with E-state index in [0.29, 0.717) is 0 Å². The first-order valence-corrected chi connectivity index (χ1v) is 10.4. The maximum absolute atomic E-state index is 12.1. The molecule has 144 valence electrons. The van der Waals surface area contributed by atoms with Gasteiger partial charge in [-0.25, -0.2) is 22.7 Å². The Hall–Kier alpha value is -1.41. The molecule has 0 spiro atoms. The number of carbonyl (C=O) groups excluding carboxylic acids is 2. The summed E-state index contributed by atoms with van der Waals surface area (Å²) in [6.45, 7) is 4.92. The molecular weight excluding hydrogens is 346 g/mol. The number of hydrogen-bond acceptors (Lipinski definition) is 6. The average Bonchev–Trinajstić information content (AvgIpc) is 2.50. The largest absolute Gasteiger partial charge is 0.461 e. The van der Waals surface area contributed by atoms with E-state index in [1.54, 1.807) is 20.8 Å². The summed E-state index contributed by atoms with van der Waals surface area (Å²) < 4.78 is 36.6. The predicted molar refractivity (Wildman–Crippen MR) is 94.3 cm³/mol. The summed E-state index contributed by atoms with van der Waals surface area (Å²) in [5, 5.41) is 0. The zero-order valence-electron chi connectivity index (χ0n) is 15.2. The van der Waals surface area contributed by atoms with E-state index in [9.17, 15) is 18.0 Å². The summed E-state index contributed by atoms with van der Waals surface area (Å²) in [4.78, 5) is 22.8. The number of carbonyl (C=O) groups is 2. The standard InChI is InChI=1S/C17H29NO6S/c1-13(2)24-17(20)10-9-16(19)23-11-14(3)18-25(21,22)12-15-7-5-4-6-8-15/h9-10,13-15,18H,4-8,11-12H2,1-3H3/b10-9+. The molecule has 0 heterocycles. The molecule has 7 nitrogen and oxygen atoms in total. The highest BCUT2D eigenvalue weighted by Crippen LogP contribution is 2.24. The highest BCUT2D eigenvalue weighted by molar-refractivity contribution is 7.89. The molecule has 0 aliphatic heterocycles. The fraction of sp³-hybridized carbons (Fsp3) is 0.765. The molecule has 1 fully saturated rings. The molecule has 1 atom stereocenters. The summed E-state index contributed by atoms with van der Waals surface area (Å²) >= 11 is 0. The second-order valence-electron chi connectivity index (χ2n) is 6.75. The van der Waals surface area contributed by atoms with Crippen LogP contribution < -0.4 is 4.72 Å². The summed E-state index contributed by atoms with van der Waals surface area (Å²) in [6.07, 6.45) is 6.91. The van der Waals surface area contributed by atoms with Gasteiger partial charge in [-0.2, -0.15) is 0 Å². The van der Waals surface area contributed by atoms with Crippen molar-refractivity contribution >= 4 is 22.0 Å². The average molecular weight is 375 g/mol. The van der Waals surface area contributed by atoms with Crippen LogP contribution in [0.2, 0.25) is 0 Å². The summed E-state index contributed by atoms with van der Waals surface area (Å²) in [7, 11) is -3.40. The van der Waals surface area contributed by atoms with E-state index in [-0.39, 0.29) is 24.4 Å². The van der Waals surface area contributed by atoms with Crippen LogP contribution in [0.4, 0.5) is 0 Å². The molecule has 1 N–H and O–H groups in total. The first-order valence-electron chi connectivity index (χ1n) is 8.73. The molecule has 25 heavy (non-hydrogen) atoms. The number of esters is 2. The highest BCUT2D eigenvalue weighted by Gasteiger charge is 2.23. The Bertz CT molecular complexity index is 564. The third kappa shape index (κ3) is 10.2. The lowest BCUT2D eigenvalue weighted by molar-refractivity contribution is -0.143. The Morgan fingerprint density at radius 2 is 1.68 bits per heavy atom. The monoisotopic (exact) mass is 375 g/mol. The molecule has 1 rings (SSSR count). The molecule has 0 bridgehead atoms. The zero-order valence-corrected chi connectivity index (χ0v) is 16.0. The summed E-state index contributed by atoms with van der Waals surface area (Å²) in [6, 6.07) is -0.534. The van der Waals surface area contributed by atoms with Crippen molar-refractivity contribution < 1.29 is 27.5 Å². The molecule has 1 aliphatic carbocycles. The van der Waals surface area contributed by atoms with Crippen molar-refractivity contribution in [2.24, 2.45) is 5.92 Å². The normalized spacial score (nSPS) is 17.6. The second kappa shape index (κ2) is 10.6. The Morgan fingerprint density at radius 3 is 2.28 bits per heavy atom. The minimum absolute atomic E-state index is 0.105. The number of rotatable bonds is 9. The number of nitrogens with one attached hydrogen (secondary N) is 1. The van der Waals surface area contributed by atoms with Gasteiger partial charge in [-0.1, -0.05) is 19.3 Å². The molecule has 0 radical (unpaired) electrons. The molecule has 0 aromatic rings. The zero-order chi connectivity index (χ0) is 18.9. The van der Waals surface area contributed by atoms with Gasteiger partial charge in [0.05, 0.1) is 17.9 Å². The fourth-order valence-corrected chi connectivity index (χ4v) is 4.45. The molecule has 0 saturated heterocycles. The van der Waals surface area contributed by atoms with Gasteiger partial charge in [0.1, 0.15) is 6.61 Å². The minimum atomic E-state index is -3.40. The SMILES string of the molecule is CC(COC(=O)/C=C/C(=O)OC(C)C)NS(=O)(=O)CC1CCCCC1. The predicted octanol–water partition coefficient (Wildman–Crippen LogP) is 1.93. The first kappa shape index (κ1) is 21.6. The van der Waals surface area contributed by atoms with Crippen molar-refractivity contribution in [3.63, 3.8) is 0 Å². The van der Waals surface area contributed by atoms with Crippen molar-refractivity contribution in [1.82, 2.24) is 4.72 Å². The van der Waals surface area contributed by atoms with Crippen molar-refractivity contribution in [2.45, 2.75) is 65.0 Å². The number of ether oxygens (including phenoxy) is 2. The van der Waals surface area contributed by atoms with Crippen molar-refractivity contribution in [1.29, 1.82) is 0 Å². The Kier molecular flexibility index (Phi) is 9.13. The molecule has 0 aromatic carbocycles. The molecule has 0 aromatic heterocycles. The molecule has 1 aliphatic rings. The van der Waals surface area contributed by atoms with E-state index in [0.717, 1.165) is 37.8 Å². The van der Waals surface area contributed by atoms with Gasteiger partial charge < -0.3 is 9.47 Å². The maximum atomic E-state index is 12.1. The second-order valence-corrected chi connectivity index (χ2v) is 8.55. The van der Waals surface area contributed by atoms with E-state index < -0.39 is 28.0 Å². The van der Waals surface area contributed by atoms with Gasteiger partial charge >= 0.3 is 11.9 Å². The van der Waals surface area contributed by atoms with Crippen LogP contribution in [0.5, 0.6) is 0 Å². The van der Waals surface area contributed by atoms with Crippen LogP contribution in [-0.2, 0) is 29.1 Å². The summed E-state index contributed by atoms with van der Waals surface area (Å²) in [5.74, 6) is -1.03. The van der Waals surface area contributed by atoms with Crippen LogP contribution in [0.15, 0.2) is 12.2 Å². The minimum Gasteiger partial charge on any atom is -0.461 e. The van der Waals surface area contributed by atoms with Gasteiger partial charge in [-0.15, -0.1) is 0 Å². The van der Waals surface area contributed by atoms with Crippen LogP contribution in [0, 0.1) is 5.92 Å². The Morgan fingerprint density at radius 1 is 1.08 bits per heavy atom. The Balaban J connectivity index is 2.32. The first-order chi connectivity index (χ1) is 11.7. The van der Waals surface area contributed by atoms with Crippen LogP contribution in [-0.4, -0.2) is 44.9 Å². The van der Waals surface area contributed by atoms with Gasteiger partial charge in [0.25, 0.3) is 0 Å². The molecule has 1 unspecified atom stereocenters. The molecule has 0 amide bonds.